The van der Waals surface area contributed by atoms with E-state index >= 15 is 0 Å². The molecule has 0 aliphatic rings. The summed E-state index contributed by atoms with van der Waals surface area (Å²) in [6.07, 6.45) is 4.94. The standard InChI is InChI=1S/C16H28O4/c1-5-12(4)14(17)9-7-8-11(3)10-15(18)13(6-2)16(19)20/h7-8,11-13,15,18H,5-6,9-10H2,1-4H3,(H,19,20)/b8-7+/t11?,12-,13+,15+/m0/s1. The summed E-state index contributed by atoms with van der Waals surface area (Å²) in [6.45, 7) is 7.58. The summed E-state index contributed by atoms with van der Waals surface area (Å²) in [5.41, 5.74) is 0. The van der Waals surface area contributed by atoms with E-state index in [2.05, 4.69) is 0 Å². The first-order valence-electron chi connectivity index (χ1n) is 7.43. The summed E-state index contributed by atoms with van der Waals surface area (Å²) in [7, 11) is 0. The van der Waals surface area contributed by atoms with Gasteiger partial charge in [0.15, 0.2) is 0 Å². The molecule has 1 unspecified atom stereocenters. The number of hydrogen-bond donors (Lipinski definition) is 2. The third-order valence-electron chi connectivity index (χ3n) is 3.78. The average molecular weight is 284 g/mol. The van der Waals surface area contributed by atoms with E-state index in [9.17, 15) is 14.7 Å². The number of carboxylic acid groups (broad SMARTS) is 1. The van der Waals surface area contributed by atoms with Gasteiger partial charge in [0.05, 0.1) is 12.0 Å². The van der Waals surface area contributed by atoms with Crippen molar-refractivity contribution in [3.05, 3.63) is 12.2 Å². The van der Waals surface area contributed by atoms with E-state index in [-0.39, 0.29) is 17.6 Å². The Kier molecular flexibility index (Phi) is 9.14. The molecule has 0 amide bonds. The number of Topliss-reactive ketones (excluding diaryl/α,β-unsaturated/α-hetero) is 1. The largest absolute Gasteiger partial charge is 0.481 e. The molecule has 0 rings (SSSR count). The molecule has 0 aromatic rings. The van der Waals surface area contributed by atoms with Crippen LogP contribution in [0, 0.1) is 17.8 Å². The molecular weight excluding hydrogens is 256 g/mol. The fourth-order valence-electron chi connectivity index (χ4n) is 2.08. The second-order valence-corrected chi connectivity index (χ2v) is 5.54. The quantitative estimate of drug-likeness (QED) is 0.605. The molecule has 116 valence electrons. The third kappa shape index (κ3) is 6.85. The van der Waals surface area contributed by atoms with Crippen LogP contribution < -0.4 is 0 Å². The number of carbonyl (C=O) groups is 2. The number of aliphatic hydroxyl groups excluding tert-OH is 1. The fraction of sp³-hybridized carbons (Fsp3) is 0.750. The van der Waals surface area contributed by atoms with Gasteiger partial charge in [-0.15, -0.1) is 0 Å². The molecule has 0 aromatic heterocycles. The van der Waals surface area contributed by atoms with E-state index in [1.165, 1.54) is 0 Å². The Hall–Kier alpha value is -1.16. The first-order valence-corrected chi connectivity index (χ1v) is 7.43. The minimum absolute atomic E-state index is 0.0585. The van der Waals surface area contributed by atoms with Gasteiger partial charge >= 0.3 is 5.97 Å². The van der Waals surface area contributed by atoms with Crippen molar-refractivity contribution in [1.29, 1.82) is 0 Å². The van der Waals surface area contributed by atoms with Crippen LogP contribution in [0.3, 0.4) is 0 Å². The summed E-state index contributed by atoms with van der Waals surface area (Å²) in [6, 6.07) is 0. The molecule has 0 aliphatic carbocycles. The number of carboxylic acids is 1. The van der Waals surface area contributed by atoms with Crippen LogP contribution in [0.4, 0.5) is 0 Å². The first kappa shape index (κ1) is 18.8. The molecule has 4 heteroatoms. The second kappa shape index (κ2) is 9.70. The Morgan fingerprint density at radius 1 is 1.15 bits per heavy atom. The number of allylic oxidation sites excluding steroid dienone is 2. The zero-order chi connectivity index (χ0) is 15.7. The van der Waals surface area contributed by atoms with Gasteiger partial charge in [-0.05, 0) is 25.2 Å². The Morgan fingerprint density at radius 3 is 2.20 bits per heavy atom. The van der Waals surface area contributed by atoms with Gasteiger partial charge in [0.1, 0.15) is 5.78 Å². The zero-order valence-electron chi connectivity index (χ0n) is 13.0. The van der Waals surface area contributed by atoms with Crippen molar-refractivity contribution in [2.75, 3.05) is 0 Å². The molecule has 0 saturated carbocycles. The highest BCUT2D eigenvalue weighted by atomic mass is 16.4. The minimum atomic E-state index is -0.955. The van der Waals surface area contributed by atoms with E-state index in [0.29, 0.717) is 19.3 Å². The predicted octanol–water partition coefficient (Wildman–Crippen LogP) is 3.05. The lowest BCUT2D eigenvalue weighted by atomic mass is 9.91. The summed E-state index contributed by atoms with van der Waals surface area (Å²) < 4.78 is 0. The highest BCUT2D eigenvalue weighted by Crippen LogP contribution is 2.18. The first-order chi connectivity index (χ1) is 9.33. The van der Waals surface area contributed by atoms with E-state index in [4.69, 9.17) is 5.11 Å². The topological polar surface area (TPSA) is 74.6 Å². The average Bonchev–Trinajstić information content (AvgIpc) is 2.37. The Labute approximate surface area is 121 Å². The smallest absolute Gasteiger partial charge is 0.309 e. The van der Waals surface area contributed by atoms with Gasteiger partial charge in [-0.3, -0.25) is 9.59 Å². The maximum Gasteiger partial charge on any atom is 0.309 e. The van der Waals surface area contributed by atoms with Crippen molar-refractivity contribution in [1.82, 2.24) is 0 Å². The van der Waals surface area contributed by atoms with Crippen LogP contribution in [0.25, 0.3) is 0 Å². The van der Waals surface area contributed by atoms with Crippen molar-refractivity contribution in [3.63, 3.8) is 0 Å². The summed E-state index contributed by atoms with van der Waals surface area (Å²) in [5, 5.41) is 18.9. The number of aliphatic carboxylic acids is 1. The van der Waals surface area contributed by atoms with Crippen LogP contribution in [0.5, 0.6) is 0 Å². The second-order valence-electron chi connectivity index (χ2n) is 5.54. The fourth-order valence-corrected chi connectivity index (χ4v) is 2.08. The summed E-state index contributed by atoms with van der Waals surface area (Å²) in [5.74, 6) is -1.32. The van der Waals surface area contributed by atoms with Crippen molar-refractivity contribution in [3.8, 4) is 0 Å². The van der Waals surface area contributed by atoms with Gasteiger partial charge in [0.2, 0.25) is 0 Å². The summed E-state index contributed by atoms with van der Waals surface area (Å²) in [4.78, 5) is 22.6. The van der Waals surface area contributed by atoms with Crippen LogP contribution in [0.15, 0.2) is 12.2 Å². The number of hydrogen-bond acceptors (Lipinski definition) is 3. The van der Waals surface area contributed by atoms with Crippen molar-refractivity contribution in [2.24, 2.45) is 17.8 Å². The molecule has 0 heterocycles. The van der Waals surface area contributed by atoms with Gasteiger partial charge in [-0.25, -0.2) is 0 Å². The summed E-state index contributed by atoms with van der Waals surface area (Å²) >= 11 is 0. The van der Waals surface area contributed by atoms with Crippen molar-refractivity contribution >= 4 is 11.8 Å². The van der Waals surface area contributed by atoms with Gasteiger partial charge in [-0.1, -0.05) is 39.8 Å². The Balaban J connectivity index is 4.25. The van der Waals surface area contributed by atoms with Crippen molar-refractivity contribution in [2.45, 2.75) is 59.5 Å². The maximum atomic E-state index is 11.6. The van der Waals surface area contributed by atoms with Gasteiger partial charge < -0.3 is 10.2 Å². The molecule has 4 nitrogen and oxygen atoms in total. The van der Waals surface area contributed by atoms with Gasteiger partial charge in [-0.2, -0.15) is 0 Å². The predicted molar refractivity (Wildman–Crippen MR) is 79.4 cm³/mol. The Bertz CT molecular complexity index is 335. The lowest BCUT2D eigenvalue weighted by Gasteiger charge is -2.19. The number of rotatable bonds is 10. The lowest BCUT2D eigenvalue weighted by molar-refractivity contribution is -0.146. The lowest BCUT2D eigenvalue weighted by Crippen LogP contribution is -2.28. The minimum Gasteiger partial charge on any atom is -0.481 e. The van der Waals surface area contributed by atoms with Crippen LogP contribution in [-0.2, 0) is 9.59 Å². The van der Waals surface area contributed by atoms with Crippen LogP contribution in [-0.4, -0.2) is 28.1 Å². The SMILES string of the molecule is CC[C@H](C)C(=O)C/C=C/C(C)C[C@@H](O)[C@@H](CC)C(=O)O. The maximum absolute atomic E-state index is 11.6. The third-order valence-corrected chi connectivity index (χ3v) is 3.78. The number of ketones is 1. The molecule has 0 spiro atoms. The molecule has 0 aromatic carbocycles. The molecule has 0 saturated heterocycles. The monoisotopic (exact) mass is 284 g/mol. The highest BCUT2D eigenvalue weighted by Gasteiger charge is 2.25. The van der Waals surface area contributed by atoms with Crippen LogP contribution in [0.1, 0.15) is 53.4 Å². The molecule has 2 N–H and O–H groups in total. The van der Waals surface area contributed by atoms with Gasteiger partial charge in [0, 0.05) is 12.3 Å². The molecule has 0 bridgehead atoms. The number of aliphatic hydroxyl groups is 1. The Morgan fingerprint density at radius 2 is 1.75 bits per heavy atom. The normalized spacial score (nSPS) is 17.6. The van der Waals surface area contributed by atoms with Crippen LogP contribution in [0.2, 0.25) is 0 Å². The van der Waals surface area contributed by atoms with E-state index in [1.807, 2.05) is 32.9 Å². The molecule has 0 radical (unpaired) electrons. The molecule has 20 heavy (non-hydrogen) atoms. The molecular formula is C16H28O4. The molecule has 0 fully saturated rings. The van der Waals surface area contributed by atoms with E-state index in [0.717, 1.165) is 6.42 Å². The van der Waals surface area contributed by atoms with Crippen molar-refractivity contribution < 1.29 is 19.8 Å². The highest BCUT2D eigenvalue weighted by molar-refractivity contribution is 5.81. The van der Waals surface area contributed by atoms with E-state index in [1.54, 1.807) is 6.92 Å². The van der Waals surface area contributed by atoms with Crippen LogP contribution >= 0.6 is 0 Å². The molecule has 4 atom stereocenters. The van der Waals surface area contributed by atoms with Gasteiger partial charge in [0.25, 0.3) is 0 Å². The number of carbonyl (C=O) groups excluding carboxylic acids is 1. The zero-order valence-corrected chi connectivity index (χ0v) is 13.0. The molecule has 0 aliphatic heterocycles. The van der Waals surface area contributed by atoms with E-state index < -0.39 is 18.0 Å².